The van der Waals surface area contributed by atoms with Gasteiger partial charge in [0.2, 0.25) is 5.91 Å². The molecule has 0 atom stereocenters. The Morgan fingerprint density at radius 2 is 2.12 bits per heavy atom. The Balaban J connectivity index is 2.19. The second-order valence-corrected chi connectivity index (χ2v) is 3.42. The maximum Gasteiger partial charge on any atom is 0.234 e. The molecule has 0 fully saturated rings. The van der Waals surface area contributed by atoms with Gasteiger partial charge < -0.3 is 10.1 Å². The van der Waals surface area contributed by atoms with E-state index in [9.17, 15) is 4.79 Å². The Bertz CT molecular complexity index is 384. The maximum absolute atomic E-state index is 10.9. The summed E-state index contributed by atoms with van der Waals surface area (Å²) in [6.45, 7) is 0.738. The van der Waals surface area contributed by atoms with E-state index in [1.165, 1.54) is 0 Å². The highest BCUT2D eigenvalue weighted by molar-refractivity contribution is 6.30. The molecule has 0 saturated heterocycles. The molecule has 0 aliphatic carbocycles. The van der Waals surface area contributed by atoms with Crippen LogP contribution < -0.4 is 10.1 Å². The van der Waals surface area contributed by atoms with Crippen LogP contribution in [0.5, 0.6) is 5.75 Å². The van der Waals surface area contributed by atoms with Crippen LogP contribution in [0.25, 0.3) is 0 Å². The smallest absolute Gasteiger partial charge is 0.234 e. The monoisotopic (exact) mass is 238 g/mol. The van der Waals surface area contributed by atoms with Crippen molar-refractivity contribution in [3.05, 3.63) is 29.3 Å². The quantitative estimate of drug-likeness (QED) is 0.795. The number of rotatable bonds is 5. The highest BCUT2D eigenvalue weighted by atomic mass is 35.5. The molecule has 0 unspecified atom stereocenters. The highest BCUT2D eigenvalue weighted by Crippen LogP contribution is 2.14. The summed E-state index contributed by atoms with van der Waals surface area (Å²) in [6.07, 6.45) is -0.124. The van der Waals surface area contributed by atoms with E-state index in [0.29, 0.717) is 23.9 Å². The molecule has 0 aromatic heterocycles. The topological polar surface area (TPSA) is 62.1 Å². The van der Waals surface area contributed by atoms with Crippen molar-refractivity contribution in [3.63, 3.8) is 0 Å². The molecule has 0 aliphatic rings. The number of carbonyl (C=O) groups is 1. The van der Waals surface area contributed by atoms with Gasteiger partial charge in [0.1, 0.15) is 18.8 Å². The number of nitrogens with one attached hydrogen (secondary N) is 1. The van der Waals surface area contributed by atoms with E-state index in [0.717, 1.165) is 0 Å². The van der Waals surface area contributed by atoms with E-state index in [1.807, 2.05) is 0 Å². The van der Waals surface area contributed by atoms with Crippen molar-refractivity contribution in [2.24, 2.45) is 0 Å². The minimum absolute atomic E-state index is 0.124. The Kier molecular flexibility index (Phi) is 5.17. The summed E-state index contributed by atoms with van der Waals surface area (Å²) in [6, 6.07) is 8.72. The molecule has 1 N–H and O–H groups in total. The summed E-state index contributed by atoms with van der Waals surface area (Å²) in [5, 5.41) is 11.4. The fraction of sp³-hybridized carbons (Fsp3) is 0.273. The van der Waals surface area contributed by atoms with Gasteiger partial charge in [-0.25, -0.2) is 0 Å². The van der Waals surface area contributed by atoms with Gasteiger partial charge in [-0.2, -0.15) is 5.26 Å². The van der Waals surface area contributed by atoms with E-state index in [4.69, 9.17) is 21.6 Å². The molecule has 0 bridgehead atoms. The number of nitriles is 1. The lowest BCUT2D eigenvalue weighted by Gasteiger charge is -2.06. The molecule has 0 radical (unpaired) electrons. The molecule has 84 valence electrons. The Morgan fingerprint density at radius 3 is 2.75 bits per heavy atom. The first-order valence-corrected chi connectivity index (χ1v) is 5.12. The summed E-state index contributed by atoms with van der Waals surface area (Å²) in [4.78, 5) is 10.9. The Labute approximate surface area is 98.8 Å². The maximum atomic E-state index is 10.9. The van der Waals surface area contributed by atoms with Crippen LogP contribution in [0.3, 0.4) is 0 Å². The van der Waals surface area contributed by atoms with Crippen molar-refractivity contribution >= 4 is 17.5 Å². The Hall–Kier alpha value is -1.73. The van der Waals surface area contributed by atoms with Gasteiger partial charge in [0.25, 0.3) is 0 Å². The van der Waals surface area contributed by atoms with Gasteiger partial charge in [-0.3, -0.25) is 4.79 Å². The van der Waals surface area contributed by atoms with Gasteiger partial charge in [0, 0.05) is 5.02 Å². The summed E-state index contributed by atoms with van der Waals surface area (Å²) >= 11 is 5.71. The van der Waals surface area contributed by atoms with Crippen LogP contribution in [0.1, 0.15) is 6.42 Å². The third kappa shape index (κ3) is 4.67. The molecule has 5 heteroatoms. The fourth-order valence-electron chi connectivity index (χ4n) is 1.02. The second kappa shape index (κ2) is 6.70. The lowest BCUT2D eigenvalue weighted by molar-refractivity contribution is -0.120. The van der Waals surface area contributed by atoms with Gasteiger partial charge in [0.15, 0.2) is 0 Å². The number of hydrogen-bond donors (Lipinski definition) is 1. The first kappa shape index (κ1) is 12.3. The molecule has 1 aromatic carbocycles. The molecule has 1 amide bonds. The number of hydrogen-bond acceptors (Lipinski definition) is 3. The first-order chi connectivity index (χ1) is 7.72. The van der Waals surface area contributed by atoms with Gasteiger partial charge in [-0.05, 0) is 24.3 Å². The minimum atomic E-state index is -0.290. The molecule has 4 nitrogen and oxygen atoms in total. The van der Waals surface area contributed by atoms with E-state index >= 15 is 0 Å². The van der Waals surface area contributed by atoms with Crippen LogP contribution in [0.2, 0.25) is 5.02 Å². The number of amides is 1. The zero-order valence-electron chi connectivity index (χ0n) is 8.57. The second-order valence-electron chi connectivity index (χ2n) is 2.99. The van der Waals surface area contributed by atoms with Crippen LogP contribution in [0.15, 0.2) is 24.3 Å². The zero-order valence-corrected chi connectivity index (χ0v) is 9.33. The largest absolute Gasteiger partial charge is 0.492 e. The van der Waals surface area contributed by atoms with Crippen LogP contribution in [0.4, 0.5) is 0 Å². The summed E-state index contributed by atoms with van der Waals surface area (Å²) in [5.41, 5.74) is 0. The van der Waals surface area contributed by atoms with Crippen molar-refractivity contribution in [1.29, 1.82) is 5.26 Å². The minimum Gasteiger partial charge on any atom is -0.492 e. The van der Waals surface area contributed by atoms with Gasteiger partial charge >= 0.3 is 0 Å². The van der Waals surface area contributed by atoms with E-state index in [2.05, 4.69) is 5.32 Å². The van der Waals surface area contributed by atoms with Crippen molar-refractivity contribution in [1.82, 2.24) is 5.32 Å². The Morgan fingerprint density at radius 1 is 1.44 bits per heavy atom. The number of carbonyl (C=O) groups excluding carboxylic acids is 1. The van der Waals surface area contributed by atoms with Crippen molar-refractivity contribution in [3.8, 4) is 11.8 Å². The lowest BCUT2D eigenvalue weighted by atomic mass is 10.3. The first-order valence-electron chi connectivity index (χ1n) is 4.74. The average Bonchev–Trinajstić information content (AvgIpc) is 2.27. The van der Waals surface area contributed by atoms with Gasteiger partial charge in [0.05, 0.1) is 12.6 Å². The molecular weight excluding hydrogens is 228 g/mol. The molecule has 0 aliphatic heterocycles. The number of halogens is 1. The third-order valence-corrected chi connectivity index (χ3v) is 2.00. The SMILES string of the molecule is N#CCC(=O)NCCOc1ccc(Cl)cc1. The highest BCUT2D eigenvalue weighted by Gasteiger charge is 1.98. The van der Waals surface area contributed by atoms with Crippen molar-refractivity contribution in [2.45, 2.75) is 6.42 Å². The van der Waals surface area contributed by atoms with Crippen molar-refractivity contribution < 1.29 is 9.53 Å². The molecule has 16 heavy (non-hydrogen) atoms. The summed E-state index contributed by atoms with van der Waals surface area (Å²) in [7, 11) is 0. The molecule has 1 aromatic rings. The predicted molar refractivity (Wildman–Crippen MR) is 60.2 cm³/mol. The summed E-state index contributed by atoms with van der Waals surface area (Å²) in [5.74, 6) is 0.404. The number of ether oxygens (including phenoxy) is 1. The van der Waals surface area contributed by atoms with Crippen LogP contribution in [-0.4, -0.2) is 19.1 Å². The average molecular weight is 239 g/mol. The fourth-order valence-corrected chi connectivity index (χ4v) is 1.15. The predicted octanol–water partition coefficient (Wildman–Crippen LogP) is 1.75. The molecular formula is C11H11ClN2O2. The molecule has 0 spiro atoms. The zero-order chi connectivity index (χ0) is 11.8. The molecule has 1 rings (SSSR count). The third-order valence-electron chi connectivity index (χ3n) is 1.75. The standard InChI is InChI=1S/C11H11ClN2O2/c12-9-1-3-10(4-2-9)16-8-7-14-11(15)5-6-13/h1-4H,5,7-8H2,(H,14,15). The van der Waals surface area contributed by atoms with E-state index in [1.54, 1.807) is 30.3 Å². The van der Waals surface area contributed by atoms with Gasteiger partial charge in [-0.1, -0.05) is 11.6 Å². The summed E-state index contributed by atoms with van der Waals surface area (Å²) < 4.78 is 5.33. The van der Waals surface area contributed by atoms with Crippen LogP contribution >= 0.6 is 11.6 Å². The lowest BCUT2D eigenvalue weighted by Crippen LogP contribution is -2.27. The van der Waals surface area contributed by atoms with Crippen LogP contribution in [-0.2, 0) is 4.79 Å². The molecule has 0 heterocycles. The van der Waals surface area contributed by atoms with E-state index < -0.39 is 0 Å². The van der Waals surface area contributed by atoms with Gasteiger partial charge in [-0.15, -0.1) is 0 Å². The number of benzene rings is 1. The van der Waals surface area contributed by atoms with Crippen molar-refractivity contribution in [2.75, 3.05) is 13.2 Å². The van der Waals surface area contributed by atoms with Crippen LogP contribution in [0, 0.1) is 11.3 Å². The number of nitrogens with zero attached hydrogens (tertiary/aromatic N) is 1. The normalized spacial score (nSPS) is 9.25. The van der Waals surface area contributed by atoms with E-state index in [-0.39, 0.29) is 12.3 Å². The molecule has 0 saturated carbocycles.